The van der Waals surface area contributed by atoms with Crippen molar-refractivity contribution in [3.05, 3.63) is 0 Å². The molecule has 1 atom stereocenters. The fourth-order valence-electron chi connectivity index (χ4n) is 1.49. The monoisotopic (exact) mass is 264 g/mol. The Morgan fingerprint density at radius 1 is 1.35 bits per heavy atom. The Kier molecular flexibility index (Phi) is 4.33. The fraction of sp³-hybridized carbons (Fsp3) is 0.778. The number of hydrogen-bond acceptors (Lipinski definition) is 4. The summed E-state index contributed by atoms with van der Waals surface area (Å²) in [6.45, 7) is 1.88. The van der Waals surface area contributed by atoms with Crippen LogP contribution in [0.4, 0.5) is 4.79 Å². The van der Waals surface area contributed by atoms with E-state index in [0.717, 1.165) is 0 Å². The summed E-state index contributed by atoms with van der Waals surface area (Å²) in [4.78, 5) is 23.7. The molecule has 0 unspecified atom stereocenters. The van der Waals surface area contributed by atoms with Crippen molar-refractivity contribution in [2.45, 2.75) is 19.4 Å². The van der Waals surface area contributed by atoms with Gasteiger partial charge in [0.2, 0.25) is 0 Å². The minimum absolute atomic E-state index is 0.0652. The van der Waals surface area contributed by atoms with E-state index in [9.17, 15) is 18.0 Å². The third-order valence-corrected chi connectivity index (χ3v) is 4.24. The third-order valence-electron chi connectivity index (χ3n) is 2.64. The molecule has 2 amide bonds. The Bertz CT molecular complexity index is 392. The summed E-state index contributed by atoms with van der Waals surface area (Å²) in [7, 11) is -3.04. The predicted molar refractivity (Wildman–Crippen MR) is 60.5 cm³/mol. The second-order valence-corrected chi connectivity index (χ2v) is 6.19. The summed E-state index contributed by atoms with van der Waals surface area (Å²) in [6.07, 6.45) is 0.285. The van der Waals surface area contributed by atoms with Gasteiger partial charge in [-0.25, -0.2) is 18.0 Å². The van der Waals surface area contributed by atoms with Crippen molar-refractivity contribution >= 4 is 21.8 Å². The van der Waals surface area contributed by atoms with Crippen LogP contribution in [0.1, 0.15) is 13.3 Å². The molecule has 17 heavy (non-hydrogen) atoms. The Balaban J connectivity index is 2.52. The van der Waals surface area contributed by atoms with E-state index in [1.54, 1.807) is 6.92 Å². The first-order valence-electron chi connectivity index (χ1n) is 5.34. The maximum atomic E-state index is 11.6. The highest BCUT2D eigenvalue weighted by Crippen LogP contribution is 2.04. The van der Waals surface area contributed by atoms with Gasteiger partial charge in [-0.2, -0.15) is 0 Å². The van der Waals surface area contributed by atoms with E-state index in [1.165, 1.54) is 4.90 Å². The van der Waals surface area contributed by atoms with E-state index in [-0.39, 0.29) is 31.0 Å². The summed E-state index contributed by atoms with van der Waals surface area (Å²) in [5.74, 6) is -1.22. The minimum atomic E-state index is -3.04. The molecule has 1 saturated heterocycles. The Morgan fingerprint density at radius 3 is 2.29 bits per heavy atom. The number of carboxylic acids is 1. The zero-order chi connectivity index (χ0) is 13.1. The molecular weight excluding hydrogens is 248 g/mol. The first-order chi connectivity index (χ1) is 7.85. The molecule has 0 bridgehead atoms. The summed E-state index contributed by atoms with van der Waals surface area (Å²) in [5.41, 5.74) is 0. The van der Waals surface area contributed by atoms with Crippen LogP contribution in [0.15, 0.2) is 0 Å². The lowest BCUT2D eigenvalue weighted by Gasteiger charge is -2.28. The van der Waals surface area contributed by atoms with Gasteiger partial charge in [-0.3, -0.25) is 0 Å². The van der Waals surface area contributed by atoms with Crippen molar-refractivity contribution in [2.75, 3.05) is 24.6 Å². The summed E-state index contributed by atoms with van der Waals surface area (Å²) in [5, 5.41) is 11.1. The van der Waals surface area contributed by atoms with E-state index in [0.29, 0.717) is 0 Å². The number of amides is 2. The predicted octanol–water partition coefficient (Wildman–Crippen LogP) is -0.710. The van der Waals surface area contributed by atoms with Gasteiger partial charge in [-0.15, -0.1) is 0 Å². The van der Waals surface area contributed by atoms with Gasteiger partial charge in [0, 0.05) is 13.1 Å². The average Bonchev–Trinajstić information content (AvgIpc) is 2.25. The number of carbonyl (C=O) groups excluding carboxylic acids is 1. The van der Waals surface area contributed by atoms with Crippen molar-refractivity contribution < 1.29 is 23.1 Å². The Hall–Kier alpha value is -1.31. The minimum Gasteiger partial charge on any atom is -0.480 e. The molecule has 0 spiro atoms. The molecule has 1 rings (SSSR count). The molecule has 7 nitrogen and oxygen atoms in total. The van der Waals surface area contributed by atoms with Crippen LogP contribution in [0.5, 0.6) is 0 Å². The van der Waals surface area contributed by atoms with Gasteiger partial charge in [0.05, 0.1) is 11.5 Å². The van der Waals surface area contributed by atoms with Crippen LogP contribution in [0.25, 0.3) is 0 Å². The molecule has 2 N–H and O–H groups in total. The highest BCUT2D eigenvalue weighted by molar-refractivity contribution is 7.91. The Labute approximate surface area is 99.7 Å². The first-order valence-corrected chi connectivity index (χ1v) is 7.16. The van der Waals surface area contributed by atoms with Gasteiger partial charge >= 0.3 is 12.0 Å². The van der Waals surface area contributed by atoms with Gasteiger partial charge in [0.25, 0.3) is 0 Å². The SMILES string of the molecule is CC[C@@H](NC(=O)N1CCS(=O)(=O)CC1)C(=O)O. The normalized spacial score (nSPS) is 20.6. The van der Waals surface area contributed by atoms with E-state index in [4.69, 9.17) is 5.11 Å². The molecule has 0 aromatic heterocycles. The molecule has 0 radical (unpaired) electrons. The quantitative estimate of drug-likeness (QED) is 0.700. The van der Waals surface area contributed by atoms with E-state index in [2.05, 4.69) is 5.32 Å². The number of urea groups is 1. The van der Waals surface area contributed by atoms with Crippen molar-refractivity contribution in [1.29, 1.82) is 0 Å². The zero-order valence-corrected chi connectivity index (χ0v) is 10.4. The van der Waals surface area contributed by atoms with Crippen molar-refractivity contribution in [3.8, 4) is 0 Å². The largest absolute Gasteiger partial charge is 0.480 e. The number of carboxylic acid groups (broad SMARTS) is 1. The van der Waals surface area contributed by atoms with Crippen LogP contribution in [0.3, 0.4) is 0 Å². The van der Waals surface area contributed by atoms with Crippen molar-refractivity contribution in [2.24, 2.45) is 0 Å². The number of hydrogen-bond donors (Lipinski definition) is 2. The van der Waals surface area contributed by atoms with E-state index < -0.39 is 27.9 Å². The molecule has 1 fully saturated rings. The summed E-state index contributed by atoms with van der Waals surface area (Å²) in [6, 6.07) is -1.45. The lowest BCUT2D eigenvalue weighted by atomic mass is 10.2. The molecule has 1 aliphatic heterocycles. The van der Waals surface area contributed by atoms with Crippen molar-refractivity contribution in [1.82, 2.24) is 10.2 Å². The number of aliphatic carboxylic acids is 1. The van der Waals surface area contributed by atoms with Crippen LogP contribution in [-0.2, 0) is 14.6 Å². The molecule has 0 aliphatic carbocycles. The molecule has 8 heteroatoms. The molecular formula is C9H16N2O5S. The molecule has 1 heterocycles. The van der Waals surface area contributed by atoms with E-state index in [1.807, 2.05) is 0 Å². The number of sulfone groups is 1. The number of nitrogens with zero attached hydrogens (tertiary/aromatic N) is 1. The van der Waals surface area contributed by atoms with Crippen LogP contribution < -0.4 is 5.32 Å². The van der Waals surface area contributed by atoms with Gasteiger partial charge < -0.3 is 15.3 Å². The number of carbonyl (C=O) groups is 2. The molecule has 0 aromatic carbocycles. The van der Waals surface area contributed by atoms with E-state index >= 15 is 0 Å². The van der Waals surface area contributed by atoms with Crippen LogP contribution >= 0.6 is 0 Å². The van der Waals surface area contributed by atoms with Gasteiger partial charge in [-0.1, -0.05) is 6.92 Å². The number of rotatable bonds is 3. The summed E-state index contributed by atoms with van der Waals surface area (Å²) < 4.78 is 22.3. The lowest BCUT2D eigenvalue weighted by molar-refractivity contribution is -0.139. The fourth-order valence-corrected chi connectivity index (χ4v) is 2.70. The first kappa shape index (κ1) is 13.8. The maximum absolute atomic E-state index is 11.6. The number of nitrogens with one attached hydrogen (secondary N) is 1. The van der Waals surface area contributed by atoms with Crippen LogP contribution in [0, 0.1) is 0 Å². The topological polar surface area (TPSA) is 104 Å². The highest BCUT2D eigenvalue weighted by atomic mass is 32.2. The second kappa shape index (κ2) is 5.35. The van der Waals surface area contributed by atoms with Crippen LogP contribution in [0.2, 0.25) is 0 Å². The third kappa shape index (κ3) is 3.88. The standard InChI is InChI=1S/C9H16N2O5S/c1-2-7(8(12)13)10-9(14)11-3-5-17(15,16)6-4-11/h7H,2-6H2,1H3,(H,10,14)(H,12,13)/t7-/m1/s1. The van der Waals surface area contributed by atoms with Crippen LogP contribution in [-0.4, -0.2) is 61.1 Å². The average molecular weight is 264 g/mol. The molecule has 1 aliphatic rings. The molecule has 0 saturated carbocycles. The molecule has 0 aromatic rings. The van der Waals surface area contributed by atoms with Gasteiger partial charge in [-0.05, 0) is 6.42 Å². The van der Waals surface area contributed by atoms with Gasteiger partial charge in [0.15, 0.2) is 9.84 Å². The Morgan fingerprint density at radius 2 is 1.88 bits per heavy atom. The van der Waals surface area contributed by atoms with Crippen molar-refractivity contribution in [3.63, 3.8) is 0 Å². The molecule has 98 valence electrons. The summed E-state index contributed by atoms with van der Waals surface area (Å²) >= 11 is 0. The lowest BCUT2D eigenvalue weighted by Crippen LogP contribution is -2.52. The smallest absolute Gasteiger partial charge is 0.326 e. The zero-order valence-electron chi connectivity index (χ0n) is 9.55. The maximum Gasteiger partial charge on any atom is 0.326 e. The highest BCUT2D eigenvalue weighted by Gasteiger charge is 2.27. The van der Waals surface area contributed by atoms with Gasteiger partial charge in [0.1, 0.15) is 6.04 Å². The second-order valence-electron chi connectivity index (χ2n) is 3.89.